The highest BCUT2D eigenvalue weighted by Gasteiger charge is 2.35. The quantitative estimate of drug-likeness (QED) is 0.430. The lowest BCUT2D eigenvalue weighted by molar-refractivity contribution is -0.0925. The summed E-state index contributed by atoms with van der Waals surface area (Å²) in [5.41, 5.74) is 16.4. The summed E-state index contributed by atoms with van der Waals surface area (Å²) in [6, 6.07) is -0.563. The zero-order valence-corrected chi connectivity index (χ0v) is 8.26. The van der Waals surface area contributed by atoms with Crippen LogP contribution in [-0.4, -0.2) is 36.5 Å². The van der Waals surface area contributed by atoms with Crippen molar-refractivity contribution in [2.45, 2.75) is 25.2 Å². The summed E-state index contributed by atoms with van der Waals surface area (Å²) in [4.78, 5) is 5.26. The number of aliphatic hydroxyl groups excluding tert-OH is 1. The van der Waals surface area contributed by atoms with E-state index in [1.165, 1.54) is 0 Å². The Labute approximate surface area is 86.1 Å². The third kappa shape index (κ3) is 2.74. The number of ether oxygens (including phenoxy) is 1. The molecule has 1 unspecified atom stereocenters. The highest BCUT2D eigenvalue weighted by molar-refractivity contribution is 4.89. The lowest BCUT2D eigenvalue weighted by atomic mass is 9.90. The minimum atomic E-state index is -0.756. The highest BCUT2D eigenvalue weighted by Crippen LogP contribution is 2.23. The summed E-state index contributed by atoms with van der Waals surface area (Å²) in [5, 5.41) is 16.6. The summed E-state index contributed by atoms with van der Waals surface area (Å²) < 4.78 is 5.34. The second-order valence-electron chi connectivity index (χ2n) is 3.41. The van der Waals surface area contributed by atoms with Gasteiger partial charge in [-0.05, 0) is 11.1 Å². The fourth-order valence-electron chi connectivity index (χ4n) is 1.55. The van der Waals surface area contributed by atoms with Crippen molar-refractivity contribution in [3.63, 3.8) is 0 Å². The Hall–Kier alpha value is -1.46. The maximum atomic E-state index is 9.76. The van der Waals surface area contributed by atoms with E-state index in [-0.39, 0.29) is 25.2 Å². The van der Waals surface area contributed by atoms with Crippen LogP contribution in [-0.2, 0) is 4.74 Å². The SMILES string of the molecule is C[C@@H]1[C@H](CN=[N+]=[N-])OCC(N=[N+]=[N-])[C@H]1O. The first-order valence-corrected chi connectivity index (χ1v) is 4.55. The second-order valence-corrected chi connectivity index (χ2v) is 3.41. The Morgan fingerprint density at radius 1 is 1.47 bits per heavy atom. The number of azide groups is 2. The van der Waals surface area contributed by atoms with Gasteiger partial charge in [0.1, 0.15) is 0 Å². The third-order valence-corrected chi connectivity index (χ3v) is 2.53. The average molecular weight is 212 g/mol. The molecule has 0 aliphatic carbocycles. The van der Waals surface area contributed by atoms with Crippen LogP contribution in [0.4, 0.5) is 0 Å². The molecular weight excluding hydrogens is 200 g/mol. The second kappa shape index (κ2) is 5.43. The minimum Gasteiger partial charge on any atom is -0.392 e. The van der Waals surface area contributed by atoms with Crippen LogP contribution in [0.25, 0.3) is 20.9 Å². The van der Waals surface area contributed by atoms with Gasteiger partial charge in [-0.15, -0.1) is 0 Å². The standard InChI is InChI=1S/C7H12N6O2/c1-4-6(2-10-12-8)15-3-5(7(4)14)11-13-9/h4-7,14H,2-3H2,1H3/t4-,5?,6+,7+/m1/s1. The maximum Gasteiger partial charge on any atom is 0.0870 e. The van der Waals surface area contributed by atoms with Crippen LogP contribution in [0.3, 0.4) is 0 Å². The van der Waals surface area contributed by atoms with Crippen molar-refractivity contribution in [3.05, 3.63) is 20.9 Å². The zero-order chi connectivity index (χ0) is 11.3. The van der Waals surface area contributed by atoms with Gasteiger partial charge >= 0.3 is 0 Å². The van der Waals surface area contributed by atoms with Crippen LogP contribution in [0.5, 0.6) is 0 Å². The fraction of sp³-hybridized carbons (Fsp3) is 1.00. The Morgan fingerprint density at radius 2 is 2.20 bits per heavy atom. The molecule has 0 amide bonds. The highest BCUT2D eigenvalue weighted by atomic mass is 16.5. The Balaban J connectivity index is 2.63. The van der Waals surface area contributed by atoms with E-state index in [9.17, 15) is 5.11 Å². The lowest BCUT2D eigenvalue weighted by Gasteiger charge is -2.36. The molecule has 0 saturated carbocycles. The van der Waals surface area contributed by atoms with E-state index in [2.05, 4.69) is 20.1 Å². The molecule has 82 valence electrons. The predicted octanol–water partition coefficient (Wildman–Crippen LogP) is 1.37. The van der Waals surface area contributed by atoms with Gasteiger partial charge in [0.25, 0.3) is 0 Å². The van der Waals surface area contributed by atoms with E-state index in [0.29, 0.717) is 0 Å². The van der Waals surface area contributed by atoms with E-state index in [4.69, 9.17) is 15.8 Å². The van der Waals surface area contributed by atoms with Crippen LogP contribution in [0, 0.1) is 5.92 Å². The molecule has 1 aliphatic heterocycles. The van der Waals surface area contributed by atoms with Gasteiger partial charge in [0, 0.05) is 15.7 Å². The molecule has 0 spiro atoms. The summed E-state index contributed by atoms with van der Waals surface area (Å²) in [7, 11) is 0. The molecular formula is C7H12N6O2. The van der Waals surface area contributed by atoms with Crippen molar-refractivity contribution in [1.29, 1.82) is 0 Å². The van der Waals surface area contributed by atoms with Crippen LogP contribution in [0.1, 0.15) is 6.92 Å². The van der Waals surface area contributed by atoms with Gasteiger partial charge in [0.2, 0.25) is 0 Å². The molecule has 4 atom stereocenters. The first kappa shape index (κ1) is 11.6. The molecule has 1 rings (SSSR count). The van der Waals surface area contributed by atoms with Crippen molar-refractivity contribution < 1.29 is 9.84 Å². The largest absolute Gasteiger partial charge is 0.392 e. The van der Waals surface area contributed by atoms with Gasteiger partial charge in [0.15, 0.2) is 0 Å². The van der Waals surface area contributed by atoms with Crippen LogP contribution >= 0.6 is 0 Å². The molecule has 1 fully saturated rings. The fourth-order valence-corrected chi connectivity index (χ4v) is 1.55. The topological polar surface area (TPSA) is 127 Å². The maximum absolute atomic E-state index is 9.76. The number of aliphatic hydroxyl groups is 1. The van der Waals surface area contributed by atoms with Crippen molar-refractivity contribution >= 4 is 0 Å². The number of rotatable bonds is 3. The Morgan fingerprint density at radius 3 is 2.80 bits per heavy atom. The van der Waals surface area contributed by atoms with Crippen LogP contribution < -0.4 is 0 Å². The number of hydrogen-bond acceptors (Lipinski definition) is 4. The Bertz CT molecular complexity index is 307. The molecule has 0 aromatic rings. The van der Waals surface area contributed by atoms with E-state index in [0.717, 1.165) is 0 Å². The molecule has 8 heteroatoms. The summed E-state index contributed by atoms with van der Waals surface area (Å²) in [5.74, 6) is -0.222. The van der Waals surface area contributed by atoms with Gasteiger partial charge in [-0.25, -0.2) is 0 Å². The Kier molecular flexibility index (Phi) is 4.20. The molecule has 15 heavy (non-hydrogen) atoms. The van der Waals surface area contributed by atoms with Crippen LogP contribution in [0.15, 0.2) is 10.2 Å². The van der Waals surface area contributed by atoms with Gasteiger partial charge in [0.05, 0.1) is 31.4 Å². The molecule has 0 aromatic heterocycles. The summed E-state index contributed by atoms with van der Waals surface area (Å²) >= 11 is 0. The monoisotopic (exact) mass is 212 g/mol. The normalized spacial score (nSPS) is 35.1. The summed E-state index contributed by atoms with van der Waals surface area (Å²) in [6.45, 7) is 2.10. The lowest BCUT2D eigenvalue weighted by Crippen LogP contribution is -2.48. The van der Waals surface area contributed by atoms with Gasteiger partial charge in [-0.2, -0.15) is 0 Å². The smallest absolute Gasteiger partial charge is 0.0870 e. The van der Waals surface area contributed by atoms with Gasteiger partial charge in [-0.3, -0.25) is 0 Å². The molecule has 0 aromatic carbocycles. The van der Waals surface area contributed by atoms with Crippen LogP contribution in [0.2, 0.25) is 0 Å². The third-order valence-electron chi connectivity index (χ3n) is 2.53. The molecule has 1 N–H and O–H groups in total. The van der Waals surface area contributed by atoms with E-state index in [1.807, 2.05) is 0 Å². The van der Waals surface area contributed by atoms with Crippen molar-refractivity contribution in [2.75, 3.05) is 13.2 Å². The van der Waals surface area contributed by atoms with E-state index < -0.39 is 12.1 Å². The molecule has 1 heterocycles. The van der Waals surface area contributed by atoms with Gasteiger partial charge in [-0.1, -0.05) is 17.2 Å². The molecule has 8 nitrogen and oxygen atoms in total. The first-order valence-electron chi connectivity index (χ1n) is 4.55. The average Bonchev–Trinajstić information content (AvgIpc) is 2.24. The van der Waals surface area contributed by atoms with Crippen molar-refractivity contribution in [1.82, 2.24) is 0 Å². The van der Waals surface area contributed by atoms with E-state index in [1.54, 1.807) is 6.92 Å². The number of hydrogen-bond donors (Lipinski definition) is 1. The molecule has 1 aliphatic rings. The van der Waals surface area contributed by atoms with Crippen molar-refractivity contribution in [3.8, 4) is 0 Å². The van der Waals surface area contributed by atoms with Crippen molar-refractivity contribution in [2.24, 2.45) is 16.1 Å². The predicted molar refractivity (Wildman–Crippen MR) is 51.9 cm³/mol. The van der Waals surface area contributed by atoms with E-state index >= 15 is 0 Å². The van der Waals surface area contributed by atoms with Gasteiger partial charge < -0.3 is 9.84 Å². The zero-order valence-electron chi connectivity index (χ0n) is 8.26. The number of nitrogens with zero attached hydrogens (tertiary/aromatic N) is 6. The molecule has 0 radical (unpaired) electrons. The molecule has 0 bridgehead atoms. The first-order chi connectivity index (χ1) is 7.20. The minimum absolute atomic E-state index is 0.154. The molecule has 1 saturated heterocycles. The summed E-state index contributed by atoms with van der Waals surface area (Å²) in [6.07, 6.45) is -1.07.